The van der Waals surface area contributed by atoms with Gasteiger partial charge >= 0.3 is 6.18 Å². The number of hydrogen-bond acceptors (Lipinski definition) is 5. The lowest BCUT2D eigenvalue weighted by molar-refractivity contribution is -0.137. The molecule has 3 aromatic rings. The third-order valence-corrected chi connectivity index (χ3v) is 10.2. The van der Waals surface area contributed by atoms with Gasteiger partial charge in [0.2, 0.25) is 10.0 Å². The minimum atomic E-state index is -4.62. The van der Waals surface area contributed by atoms with E-state index in [0.717, 1.165) is 12.1 Å². The Labute approximate surface area is 240 Å². The predicted octanol–water partition coefficient (Wildman–Crippen LogP) is 6.14. The molecule has 42 heavy (non-hydrogen) atoms. The Morgan fingerprint density at radius 3 is 2.48 bits per heavy atom. The second kappa shape index (κ2) is 10.7. The highest BCUT2D eigenvalue weighted by Crippen LogP contribution is 2.51. The van der Waals surface area contributed by atoms with E-state index in [1.165, 1.54) is 35.6 Å². The van der Waals surface area contributed by atoms with Crippen LogP contribution in [0.5, 0.6) is 0 Å². The van der Waals surface area contributed by atoms with Gasteiger partial charge in [0.25, 0.3) is 0 Å². The van der Waals surface area contributed by atoms with Crippen LogP contribution in [0.4, 0.5) is 17.6 Å². The number of Topliss-reactive ketones (excluding diaryl/α,β-unsaturated/α-hetero) is 1. The molecule has 0 bridgehead atoms. The Kier molecular flexibility index (Phi) is 7.56. The van der Waals surface area contributed by atoms with Crippen LogP contribution in [0.1, 0.15) is 53.5 Å². The van der Waals surface area contributed by atoms with Gasteiger partial charge in [0.1, 0.15) is 11.5 Å². The average molecular weight is 601 g/mol. The second-order valence-corrected chi connectivity index (χ2v) is 12.4. The number of alkyl halides is 3. The van der Waals surface area contributed by atoms with Crippen LogP contribution in [0.15, 0.2) is 78.0 Å². The molecule has 2 aliphatic rings. The van der Waals surface area contributed by atoms with Crippen molar-refractivity contribution >= 4 is 21.9 Å². The van der Waals surface area contributed by atoms with E-state index in [-0.39, 0.29) is 23.4 Å². The molecule has 2 atom stereocenters. The summed E-state index contributed by atoms with van der Waals surface area (Å²) in [6.45, 7) is 5.19. The summed E-state index contributed by atoms with van der Waals surface area (Å²) in [5.41, 5.74) is 0.317. The van der Waals surface area contributed by atoms with Crippen molar-refractivity contribution in [2.24, 2.45) is 5.41 Å². The highest BCUT2D eigenvalue weighted by atomic mass is 32.2. The number of pyridine rings is 1. The van der Waals surface area contributed by atoms with Crippen LogP contribution in [-0.2, 0) is 22.6 Å². The molecule has 1 saturated carbocycles. The lowest BCUT2D eigenvalue weighted by Gasteiger charge is -2.45. The maximum atomic E-state index is 14.3. The number of ketones is 1. The third-order valence-electron chi connectivity index (χ3n) is 8.14. The highest BCUT2D eigenvalue weighted by molar-refractivity contribution is 7.93. The van der Waals surface area contributed by atoms with Gasteiger partial charge in [-0.25, -0.2) is 17.5 Å². The van der Waals surface area contributed by atoms with Crippen molar-refractivity contribution < 1.29 is 30.8 Å². The van der Waals surface area contributed by atoms with Crippen molar-refractivity contribution in [3.63, 3.8) is 0 Å². The molecule has 0 N–H and O–H groups in total. The van der Waals surface area contributed by atoms with E-state index in [0.29, 0.717) is 41.6 Å². The fourth-order valence-electron chi connectivity index (χ4n) is 5.86. The normalized spacial score (nSPS) is 21.0. The Hall–Kier alpha value is -3.90. The molecule has 5 rings (SSSR count). The molecule has 0 spiro atoms. The number of halogens is 4. The van der Waals surface area contributed by atoms with Crippen molar-refractivity contribution in [3.8, 4) is 5.69 Å². The monoisotopic (exact) mass is 600 g/mol. The van der Waals surface area contributed by atoms with Crippen LogP contribution in [0.2, 0.25) is 0 Å². The molecule has 2 heterocycles. The average Bonchev–Trinajstić information content (AvgIpc) is 3.37. The molecule has 1 fully saturated rings. The lowest BCUT2D eigenvalue weighted by Crippen LogP contribution is -2.49. The Morgan fingerprint density at radius 2 is 1.88 bits per heavy atom. The zero-order valence-electron chi connectivity index (χ0n) is 22.9. The molecule has 2 aromatic heterocycles. The number of aromatic nitrogens is 3. The SMILES string of the molecule is C=C/C(=C\C)S(=O)(=O)N(C)[C@H]1CCC2=Cc3c(cnn3-c3ccc(F)cc3)C[C@]2(C(=O)c2ccc(C(F)(F)F)cn2)C1. The molecular formula is C30H28F4N4O3S. The van der Waals surface area contributed by atoms with E-state index < -0.39 is 44.8 Å². The van der Waals surface area contributed by atoms with Gasteiger partial charge in [-0.3, -0.25) is 9.78 Å². The summed E-state index contributed by atoms with van der Waals surface area (Å²) >= 11 is 0. The summed E-state index contributed by atoms with van der Waals surface area (Å²) in [6, 6.07) is 7.08. The fourth-order valence-corrected chi connectivity index (χ4v) is 7.27. The van der Waals surface area contributed by atoms with Crippen molar-refractivity contribution in [2.45, 2.75) is 44.8 Å². The maximum Gasteiger partial charge on any atom is 0.417 e. The summed E-state index contributed by atoms with van der Waals surface area (Å²) in [6.07, 6.45) is 3.13. The molecule has 0 amide bonds. The Bertz CT molecular complexity index is 1710. The molecular weight excluding hydrogens is 572 g/mol. The number of nitrogens with zero attached hydrogens (tertiary/aromatic N) is 4. The van der Waals surface area contributed by atoms with Gasteiger partial charge in [-0.05, 0) is 86.7 Å². The van der Waals surface area contributed by atoms with Gasteiger partial charge in [0.05, 0.1) is 33.5 Å². The molecule has 1 aromatic carbocycles. The predicted molar refractivity (Wildman–Crippen MR) is 149 cm³/mol. The smallest absolute Gasteiger partial charge is 0.291 e. The van der Waals surface area contributed by atoms with Gasteiger partial charge < -0.3 is 0 Å². The summed E-state index contributed by atoms with van der Waals surface area (Å²) in [5, 5.41) is 4.47. The van der Waals surface area contributed by atoms with Gasteiger partial charge in [0, 0.05) is 19.3 Å². The minimum Gasteiger partial charge on any atom is -0.291 e. The van der Waals surface area contributed by atoms with Gasteiger partial charge in [-0.2, -0.15) is 22.6 Å². The van der Waals surface area contributed by atoms with Crippen LogP contribution in [0.25, 0.3) is 11.8 Å². The number of allylic oxidation sites excluding steroid dienone is 3. The quantitative estimate of drug-likeness (QED) is 0.185. The number of hydrogen-bond donors (Lipinski definition) is 0. The van der Waals surface area contributed by atoms with E-state index in [1.807, 2.05) is 6.08 Å². The molecule has 2 aliphatic carbocycles. The second-order valence-electron chi connectivity index (χ2n) is 10.4. The van der Waals surface area contributed by atoms with Crippen LogP contribution in [0.3, 0.4) is 0 Å². The largest absolute Gasteiger partial charge is 0.417 e. The summed E-state index contributed by atoms with van der Waals surface area (Å²) in [4.78, 5) is 18.2. The minimum absolute atomic E-state index is 0.0302. The molecule has 0 radical (unpaired) electrons. The van der Waals surface area contributed by atoms with Gasteiger partial charge in [-0.15, -0.1) is 0 Å². The van der Waals surface area contributed by atoms with Crippen molar-refractivity contribution in [3.05, 3.63) is 106 Å². The zero-order valence-corrected chi connectivity index (χ0v) is 23.7. The van der Waals surface area contributed by atoms with Crippen molar-refractivity contribution in [2.75, 3.05) is 7.05 Å². The number of carbonyl (C=O) groups excluding carboxylic acids is 1. The number of fused-ring (bicyclic) bond motifs is 2. The molecule has 12 heteroatoms. The van der Waals surface area contributed by atoms with Crippen LogP contribution in [-0.4, -0.2) is 46.4 Å². The van der Waals surface area contributed by atoms with Crippen molar-refractivity contribution in [1.82, 2.24) is 19.1 Å². The number of sulfonamides is 1. The lowest BCUT2D eigenvalue weighted by atomic mass is 9.60. The van der Waals surface area contributed by atoms with E-state index in [9.17, 15) is 30.8 Å². The van der Waals surface area contributed by atoms with Crippen molar-refractivity contribution in [1.29, 1.82) is 0 Å². The Morgan fingerprint density at radius 1 is 1.17 bits per heavy atom. The third kappa shape index (κ3) is 5.02. The first-order valence-corrected chi connectivity index (χ1v) is 14.6. The first-order chi connectivity index (χ1) is 19.8. The molecule has 0 aliphatic heterocycles. The van der Waals surface area contributed by atoms with E-state index in [4.69, 9.17) is 0 Å². The fraction of sp³-hybridized carbons (Fsp3) is 0.300. The highest BCUT2D eigenvalue weighted by Gasteiger charge is 2.51. The summed E-state index contributed by atoms with van der Waals surface area (Å²) in [7, 11) is -2.46. The van der Waals surface area contributed by atoms with Crippen LogP contribution < -0.4 is 0 Å². The van der Waals surface area contributed by atoms with E-state index in [1.54, 1.807) is 29.9 Å². The molecule has 220 valence electrons. The number of benzene rings is 1. The van der Waals surface area contributed by atoms with Gasteiger partial charge in [0.15, 0.2) is 5.78 Å². The first-order valence-electron chi connectivity index (χ1n) is 13.2. The van der Waals surface area contributed by atoms with E-state index in [2.05, 4.69) is 16.7 Å². The molecule has 0 saturated heterocycles. The van der Waals surface area contributed by atoms with E-state index >= 15 is 0 Å². The molecule has 0 unspecified atom stereocenters. The standard InChI is InChI=1S/C30H28F4N4O3S/c1-4-25(5-2)42(40,41)37(3)24-10-6-20-14-27-19(17-36-38(27)23-11-8-22(31)9-12-23)15-29(20,16-24)28(39)26-13-7-21(18-35-26)30(32,33)34/h4-5,7-9,11-14,17-18,24H,1,6,10,15-16H2,2-3H3/b25-5+/t24-,29-/m0/s1. The topological polar surface area (TPSA) is 85.2 Å². The number of rotatable bonds is 7. The summed E-state index contributed by atoms with van der Waals surface area (Å²) < 4.78 is 82.7. The van der Waals surface area contributed by atoms with Gasteiger partial charge in [-0.1, -0.05) is 18.2 Å². The first kappa shape index (κ1) is 29.6. The molecule has 7 nitrogen and oxygen atoms in total. The van der Waals surface area contributed by atoms with Crippen LogP contribution >= 0.6 is 0 Å². The van der Waals surface area contributed by atoms with Crippen LogP contribution in [0, 0.1) is 11.2 Å². The number of carbonyl (C=O) groups is 1. The maximum absolute atomic E-state index is 14.3. The summed E-state index contributed by atoms with van der Waals surface area (Å²) in [5.74, 6) is -0.894. The Balaban J connectivity index is 1.59. The zero-order chi connectivity index (χ0) is 30.4.